The van der Waals surface area contributed by atoms with Crippen LogP contribution in [0.5, 0.6) is 11.5 Å². The van der Waals surface area contributed by atoms with Gasteiger partial charge < -0.3 is 14.8 Å². The van der Waals surface area contributed by atoms with Crippen LogP contribution in [0, 0.1) is 6.92 Å². The van der Waals surface area contributed by atoms with Gasteiger partial charge in [0, 0.05) is 6.54 Å². The summed E-state index contributed by atoms with van der Waals surface area (Å²) < 4.78 is 10.6. The molecule has 5 heteroatoms. The van der Waals surface area contributed by atoms with Crippen molar-refractivity contribution in [2.24, 2.45) is 0 Å². The third kappa shape index (κ3) is 2.65. The van der Waals surface area contributed by atoms with Gasteiger partial charge in [-0.15, -0.1) is 0 Å². The largest absolute Gasteiger partial charge is 0.454 e. The lowest BCUT2D eigenvalue weighted by molar-refractivity contribution is 0.174. The quantitative estimate of drug-likeness (QED) is 0.895. The molecule has 0 aliphatic carbocycles. The molecule has 0 radical (unpaired) electrons. The number of fused-ring (bicyclic) bond motifs is 1. The fraction of sp³-hybridized carbons (Fsp3) is 0.200. The standard InChI is InChI=1S/C15H13Cl2NO2/c1-9-2-3-11(16)13(4-9)18-7-10-5-12(17)15-14(6-10)19-8-20-15/h2-6,18H,7-8H2,1H3. The summed E-state index contributed by atoms with van der Waals surface area (Å²) in [4.78, 5) is 0. The molecule has 1 aliphatic rings. The Bertz CT molecular complexity index is 659. The van der Waals surface area contributed by atoms with Crippen LogP contribution in [0.4, 0.5) is 5.69 Å². The van der Waals surface area contributed by atoms with E-state index < -0.39 is 0 Å². The maximum absolute atomic E-state index is 6.15. The van der Waals surface area contributed by atoms with Crippen molar-refractivity contribution in [1.82, 2.24) is 0 Å². The number of hydrogen-bond donors (Lipinski definition) is 1. The first-order chi connectivity index (χ1) is 9.63. The average Bonchev–Trinajstić information content (AvgIpc) is 2.89. The van der Waals surface area contributed by atoms with Crippen LogP contribution in [-0.4, -0.2) is 6.79 Å². The molecular formula is C15H13Cl2NO2. The van der Waals surface area contributed by atoms with Gasteiger partial charge in [-0.05, 0) is 42.3 Å². The molecule has 0 spiro atoms. The van der Waals surface area contributed by atoms with Gasteiger partial charge in [-0.2, -0.15) is 0 Å². The van der Waals surface area contributed by atoms with Crippen molar-refractivity contribution in [1.29, 1.82) is 0 Å². The molecule has 3 nitrogen and oxygen atoms in total. The SMILES string of the molecule is Cc1ccc(Cl)c(NCc2cc(Cl)c3c(c2)OCO3)c1. The predicted octanol–water partition coefficient (Wildman–Crippen LogP) is 4.64. The first kappa shape index (κ1) is 13.4. The predicted molar refractivity (Wildman–Crippen MR) is 81.1 cm³/mol. The van der Waals surface area contributed by atoms with Crippen molar-refractivity contribution in [3.05, 3.63) is 51.5 Å². The molecule has 20 heavy (non-hydrogen) atoms. The lowest BCUT2D eigenvalue weighted by atomic mass is 10.2. The van der Waals surface area contributed by atoms with E-state index in [1.807, 2.05) is 37.3 Å². The van der Waals surface area contributed by atoms with Crippen molar-refractivity contribution >= 4 is 28.9 Å². The minimum atomic E-state index is 0.218. The van der Waals surface area contributed by atoms with Gasteiger partial charge in [-0.1, -0.05) is 29.3 Å². The Morgan fingerprint density at radius 1 is 1.10 bits per heavy atom. The van der Waals surface area contributed by atoms with Gasteiger partial charge in [0.2, 0.25) is 6.79 Å². The van der Waals surface area contributed by atoms with E-state index in [1.165, 1.54) is 0 Å². The normalized spacial score (nSPS) is 12.6. The van der Waals surface area contributed by atoms with Gasteiger partial charge in [-0.25, -0.2) is 0 Å². The number of anilines is 1. The molecular weight excluding hydrogens is 297 g/mol. The number of ether oxygens (including phenoxy) is 2. The van der Waals surface area contributed by atoms with Gasteiger partial charge >= 0.3 is 0 Å². The van der Waals surface area contributed by atoms with Crippen molar-refractivity contribution in [2.45, 2.75) is 13.5 Å². The monoisotopic (exact) mass is 309 g/mol. The fourth-order valence-corrected chi connectivity index (χ4v) is 2.57. The molecule has 0 atom stereocenters. The summed E-state index contributed by atoms with van der Waals surface area (Å²) >= 11 is 12.3. The second kappa shape index (κ2) is 5.43. The molecule has 2 aromatic rings. The van der Waals surface area contributed by atoms with Crippen LogP contribution < -0.4 is 14.8 Å². The number of aryl methyl sites for hydroxylation is 1. The van der Waals surface area contributed by atoms with Crippen LogP contribution >= 0.6 is 23.2 Å². The number of benzene rings is 2. The molecule has 0 unspecified atom stereocenters. The Morgan fingerprint density at radius 3 is 2.80 bits per heavy atom. The molecule has 1 heterocycles. The number of nitrogens with one attached hydrogen (secondary N) is 1. The van der Waals surface area contributed by atoms with Gasteiger partial charge in [0.05, 0.1) is 15.7 Å². The first-order valence-electron chi connectivity index (χ1n) is 6.21. The van der Waals surface area contributed by atoms with E-state index in [0.29, 0.717) is 28.1 Å². The summed E-state index contributed by atoms with van der Waals surface area (Å²) in [7, 11) is 0. The second-order valence-electron chi connectivity index (χ2n) is 4.65. The molecule has 1 N–H and O–H groups in total. The van der Waals surface area contributed by atoms with Crippen LogP contribution in [0.2, 0.25) is 10.0 Å². The Labute approximate surface area is 127 Å². The maximum Gasteiger partial charge on any atom is 0.231 e. The van der Waals surface area contributed by atoms with Gasteiger partial charge in [0.25, 0.3) is 0 Å². The molecule has 2 aromatic carbocycles. The molecule has 1 aliphatic heterocycles. The van der Waals surface area contributed by atoms with E-state index in [4.69, 9.17) is 32.7 Å². The van der Waals surface area contributed by atoms with Crippen LogP contribution in [-0.2, 0) is 6.54 Å². The molecule has 0 aromatic heterocycles. The summed E-state index contributed by atoms with van der Waals surface area (Å²) in [5.74, 6) is 1.30. The minimum absolute atomic E-state index is 0.218. The summed E-state index contributed by atoms with van der Waals surface area (Å²) in [6.45, 7) is 2.86. The molecule has 3 rings (SSSR count). The highest BCUT2D eigenvalue weighted by Gasteiger charge is 2.18. The van der Waals surface area contributed by atoms with Crippen molar-refractivity contribution < 1.29 is 9.47 Å². The lowest BCUT2D eigenvalue weighted by Crippen LogP contribution is -2.00. The second-order valence-corrected chi connectivity index (χ2v) is 5.46. The van der Waals surface area contributed by atoms with E-state index in [-0.39, 0.29) is 6.79 Å². The highest BCUT2D eigenvalue weighted by Crippen LogP contribution is 2.40. The Hall–Kier alpha value is -1.58. The van der Waals surface area contributed by atoms with Crippen LogP contribution in [0.15, 0.2) is 30.3 Å². The smallest absolute Gasteiger partial charge is 0.231 e. The van der Waals surface area contributed by atoms with Crippen LogP contribution in [0.1, 0.15) is 11.1 Å². The van der Waals surface area contributed by atoms with E-state index in [9.17, 15) is 0 Å². The maximum atomic E-state index is 6.15. The van der Waals surface area contributed by atoms with E-state index in [0.717, 1.165) is 16.8 Å². The molecule has 0 fully saturated rings. The van der Waals surface area contributed by atoms with Crippen molar-refractivity contribution in [3.8, 4) is 11.5 Å². The van der Waals surface area contributed by atoms with Crippen molar-refractivity contribution in [3.63, 3.8) is 0 Å². The topological polar surface area (TPSA) is 30.5 Å². The van der Waals surface area contributed by atoms with Gasteiger partial charge in [-0.3, -0.25) is 0 Å². The van der Waals surface area contributed by atoms with Crippen LogP contribution in [0.3, 0.4) is 0 Å². The summed E-state index contributed by atoms with van der Waals surface area (Å²) in [6, 6.07) is 9.66. The molecule has 0 amide bonds. The van der Waals surface area contributed by atoms with Crippen LogP contribution in [0.25, 0.3) is 0 Å². The zero-order valence-corrected chi connectivity index (χ0v) is 12.4. The number of rotatable bonds is 3. The molecule has 0 saturated carbocycles. The molecule has 0 bridgehead atoms. The van der Waals surface area contributed by atoms with E-state index in [2.05, 4.69) is 5.32 Å². The third-order valence-electron chi connectivity index (χ3n) is 3.09. The average molecular weight is 310 g/mol. The Balaban J connectivity index is 1.79. The highest BCUT2D eigenvalue weighted by atomic mass is 35.5. The zero-order chi connectivity index (χ0) is 14.1. The van der Waals surface area contributed by atoms with E-state index >= 15 is 0 Å². The first-order valence-corrected chi connectivity index (χ1v) is 6.97. The molecule has 0 saturated heterocycles. The summed E-state index contributed by atoms with van der Waals surface area (Å²) in [5, 5.41) is 4.56. The lowest BCUT2D eigenvalue weighted by Gasteiger charge is -2.10. The minimum Gasteiger partial charge on any atom is -0.454 e. The third-order valence-corrected chi connectivity index (χ3v) is 3.70. The van der Waals surface area contributed by atoms with E-state index in [1.54, 1.807) is 0 Å². The summed E-state index contributed by atoms with van der Waals surface area (Å²) in [5.41, 5.74) is 3.07. The summed E-state index contributed by atoms with van der Waals surface area (Å²) in [6.07, 6.45) is 0. The Kier molecular flexibility index (Phi) is 3.64. The molecule has 104 valence electrons. The highest BCUT2D eigenvalue weighted by molar-refractivity contribution is 6.33. The fourth-order valence-electron chi connectivity index (χ4n) is 2.09. The number of hydrogen-bond acceptors (Lipinski definition) is 3. The van der Waals surface area contributed by atoms with Gasteiger partial charge in [0.1, 0.15) is 0 Å². The van der Waals surface area contributed by atoms with Crippen molar-refractivity contribution in [2.75, 3.05) is 12.1 Å². The number of halogens is 2. The zero-order valence-electron chi connectivity index (χ0n) is 10.9. The van der Waals surface area contributed by atoms with Gasteiger partial charge in [0.15, 0.2) is 11.5 Å². The Morgan fingerprint density at radius 2 is 1.95 bits per heavy atom.